The number of rotatable bonds is 6. The fraction of sp³-hybridized carbons (Fsp3) is 0.538. The predicted octanol–water partition coefficient (Wildman–Crippen LogP) is 3.40. The molecule has 3 nitrogen and oxygen atoms in total. The third-order valence-corrected chi connectivity index (χ3v) is 2.58. The van der Waals surface area contributed by atoms with E-state index in [1.54, 1.807) is 6.07 Å². The number of nitrogens with two attached hydrogens (primary N) is 1. The Morgan fingerprint density at radius 2 is 2.06 bits per heavy atom. The fourth-order valence-corrected chi connectivity index (χ4v) is 1.62. The van der Waals surface area contributed by atoms with Crippen LogP contribution in [0.3, 0.4) is 0 Å². The Labute approximate surface area is 109 Å². The summed E-state index contributed by atoms with van der Waals surface area (Å²) < 4.78 is 5.33. The standard InChI is InChI=1S/C13H21NO2.ClH/c1-3-5-6-11(14)10-7-8-12(15)13(9-10)16-4-2;/h7-9,11,15H,3-6,14H2,1-2H3;1H/t11-;/m0./s1. The number of unbranched alkanes of at least 4 members (excludes halogenated alkanes) is 1. The molecule has 0 spiro atoms. The minimum Gasteiger partial charge on any atom is -0.504 e. The minimum absolute atomic E-state index is 0. The van der Waals surface area contributed by atoms with Crippen LogP contribution in [0.5, 0.6) is 11.5 Å². The lowest BCUT2D eigenvalue weighted by Gasteiger charge is -2.13. The van der Waals surface area contributed by atoms with Crippen molar-refractivity contribution in [3.8, 4) is 11.5 Å². The lowest BCUT2D eigenvalue weighted by atomic mass is 10.0. The van der Waals surface area contributed by atoms with Gasteiger partial charge in [-0.1, -0.05) is 25.8 Å². The molecular formula is C13H22ClNO2. The van der Waals surface area contributed by atoms with Crippen LogP contribution in [0, 0.1) is 0 Å². The Morgan fingerprint density at radius 1 is 1.35 bits per heavy atom. The molecule has 0 radical (unpaired) electrons. The molecule has 1 aromatic carbocycles. The molecule has 0 aliphatic rings. The zero-order chi connectivity index (χ0) is 12.0. The summed E-state index contributed by atoms with van der Waals surface area (Å²) in [5, 5.41) is 9.56. The lowest BCUT2D eigenvalue weighted by molar-refractivity contribution is 0.317. The maximum atomic E-state index is 9.56. The van der Waals surface area contributed by atoms with Crippen molar-refractivity contribution >= 4 is 12.4 Å². The summed E-state index contributed by atoms with van der Waals surface area (Å²) in [6.07, 6.45) is 3.23. The molecule has 17 heavy (non-hydrogen) atoms. The first-order valence-corrected chi connectivity index (χ1v) is 5.90. The van der Waals surface area contributed by atoms with Gasteiger partial charge in [-0.25, -0.2) is 0 Å². The van der Waals surface area contributed by atoms with Crippen LogP contribution in [0.25, 0.3) is 0 Å². The number of hydrogen-bond acceptors (Lipinski definition) is 3. The second-order valence-corrected chi connectivity index (χ2v) is 3.91. The van der Waals surface area contributed by atoms with Gasteiger partial charge in [-0.3, -0.25) is 0 Å². The molecule has 0 aliphatic heterocycles. The van der Waals surface area contributed by atoms with Gasteiger partial charge in [0.1, 0.15) is 0 Å². The van der Waals surface area contributed by atoms with Crippen LogP contribution in [0.4, 0.5) is 0 Å². The van der Waals surface area contributed by atoms with E-state index in [0.717, 1.165) is 24.8 Å². The molecular weight excluding hydrogens is 238 g/mol. The van der Waals surface area contributed by atoms with Gasteiger partial charge >= 0.3 is 0 Å². The summed E-state index contributed by atoms with van der Waals surface area (Å²) in [7, 11) is 0. The number of ether oxygens (including phenoxy) is 1. The van der Waals surface area contributed by atoms with E-state index in [4.69, 9.17) is 10.5 Å². The molecule has 0 fully saturated rings. The first-order valence-electron chi connectivity index (χ1n) is 5.90. The van der Waals surface area contributed by atoms with Crippen molar-refractivity contribution in [3.05, 3.63) is 23.8 Å². The lowest BCUT2D eigenvalue weighted by Crippen LogP contribution is -2.10. The van der Waals surface area contributed by atoms with Crippen molar-refractivity contribution in [1.29, 1.82) is 0 Å². The molecule has 1 rings (SSSR count). The second-order valence-electron chi connectivity index (χ2n) is 3.91. The maximum Gasteiger partial charge on any atom is 0.161 e. The molecule has 4 heteroatoms. The molecule has 1 atom stereocenters. The monoisotopic (exact) mass is 259 g/mol. The highest BCUT2D eigenvalue weighted by atomic mass is 35.5. The molecule has 0 heterocycles. The molecule has 0 aliphatic carbocycles. The summed E-state index contributed by atoms with van der Waals surface area (Å²) >= 11 is 0. The summed E-state index contributed by atoms with van der Waals surface area (Å²) in [5.74, 6) is 0.695. The van der Waals surface area contributed by atoms with Crippen LogP contribution in [0.15, 0.2) is 18.2 Å². The predicted molar refractivity (Wildman–Crippen MR) is 73.0 cm³/mol. The number of aromatic hydroxyl groups is 1. The first-order chi connectivity index (χ1) is 7.69. The molecule has 0 bridgehead atoms. The van der Waals surface area contributed by atoms with E-state index < -0.39 is 0 Å². The molecule has 0 saturated heterocycles. The van der Waals surface area contributed by atoms with E-state index in [2.05, 4.69) is 6.92 Å². The van der Waals surface area contributed by atoms with E-state index in [9.17, 15) is 5.11 Å². The Bertz CT molecular complexity index is 331. The highest BCUT2D eigenvalue weighted by Crippen LogP contribution is 2.29. The van der Waals surface area contributed by atoms with E-state index in [1.807, 2.05) is 19.1 Å². The highest BCUT2D eigenvalue weighted by Gasteiger charge is 2.09. The molecule has 0 aromatic heterocycles. The largest absolute Gasteiger partial charge is 0.504 e. The average molecular weight is 260 g/mol. The van der Waals surface area contributed by atoms with Gasteiger partial charge in [-0.15, -0.1) is 12.4 Å². The molecule has 1 aromatic rings. The van der Waals surface area contributed by atoms with Crippen molar-refractivity contribution in [3.63, 3.8) is 0 Å². The highest BCUT2D eigenvalue weighted by molar-refractivity contribution is 5.85. The molecule has 0 saturated carbocycles. The van der Waals surface area contributed by atoms with Crippen LogP contribution in [0.1, 0.15) is 44.7 Å². The first kappa shape index (κ1) is 16.1. The minimum atomic E-state index is 0. The van der Waals surface area contributed by atoms with Crippen molar-refractivity contribution in [1.82, 2.24) is 0 Å². The summed E-state index contributed by atoms with van der Waals surface area (Å²) in [6.45, 7) is 4.58. The van der Waals surface area contributed by atoms with E-state index in [1.165, 1.54) is 0 Å². The van der Waals surface area contributed by atoms with Gasteiger partial charge in [0.15, 0.2) is 11.5 Å². The second kappa shape index (κ2) is 8.20. The summed E-state index contributed by atoms with van der Waals surface area (Å²) in [4.78, 5) is 0. The van der Waals surface area contributed by atoms with Gasteiger partial charge in [-0.2, -0.15) is 0 Å². The van der Waals surface area contributed by atoms with Crippen molar-refractivity contribution in [2.45, 2.75) is 39.2 Å². The van der Waals surface area contributed by atoms with Gasteiger partial charge in [0, 0.05) is 6.04 Å². The van der Waals surface area contributed by atoms with Gasteiger partial charge < -0.3 is 15.6 Å². The van der Waals surface area contributed by atoms with Crippen molar-refractivity contribution < 1.29 is 9.84 Å². The fourth-order valence-electron chi connectivity index (χ4n) is 1.62. The van der Waals surface area contributed by atoms with Crippen LogP contribution < -0.4 is 10.5 Å². The molecule has 98 valence electrons. The topological polar surface area (TPSA) is 55.5 Å². The van der Waals surface area contributed by atoms with Crippen LogP contribution in [-0.4, -0.2) is 11.7 Å². The summed E-state index contributed by atoms with van der Waals surface area (Å²) in [5.41, 5.74) is 7.08. The smallest absolute Gasteiger partial charge is 0.161 e. The molecule has 0 amide bonds. The third kappa shape index (κ3) is 4.84. The van der Waals surface area contributed by atoms with Crippen LogP contribution >= 0.6 is 12.4 Å². The van der Waals surface area contributed by atoms with E-state index in [-0.39, 0.29) is 24.2 Å². The van der Waals surface area contributed by atoms with Crippen molar-refractivity contribution in [2.24, 2.45) is 5.73 Å². The molecule has 0 unspecified atom stereocenters. The third-order valence-electron chi connectivity index (χ3n) is 2.58. The number of hydrogen-bond donors (Lipinski definition) is 2. The van der Waals surface area contributed by atoms with Gasteiger partial charge in [0.2, 0.25) is 0 Å². The molecule has 3 N–H and O–H groups in total. The van der Waals surface area contributed by atoms with E-state index >= 15 is 0 Å². The maximum absolute atomic E-state index is 9.56. The van der Waals surface area contributed by atoms with Gasteiger partial charge in [0.05, 0.1) is 6.61 Å². The Kier molecular flexibility index (Phi) is 7.75. The zero-order valence-corrected chi connectivity index (χ0v) is 11.3. The Balaban J connectivity index is 0.00000256. The van der Waals surface area contributed by atoms with E-state index in [0.29, 0.717) is 12.4 Å². The van der Waals surface area contributed by atoms with Crippen molar-refractivity contribution in [2.75, 3.05) is 6.61 Å². The number of phenols is 1. The normalized spacial score (nSPS) is 11.7. The van der Waals surface area contributed by atoms with Crippen LogP contribution in [-0.2, 0) is 0 Å². The number of halogens is 1. The SMILES string of the molecule is CCCC[C@H](N)c1ccc(O)c(OCC)c1.Cl. The quantitative estimate of drug-likeness (QED) is 0.823. The Hall–Kier alpha value is -0.930. The summed E-state index contributed by atoms with van der Waals surface area (Å²) in [6, 6.07) is 5.36. The van der Waals surface area contributed by atoms with Gasteiger partial charge in [0.25, 0.3) is 0 Å². The number of benzene rings is 1. The number of phenolic OH excluding ortho intramolecular Hbond substituents is 1. The zero-order valence-electron chi connectivity index (χ0n) is 10.5. The average Bonchev–Trinajstić information content (AvgIpc) is 2.29. The van der Waals surface area contributed by atoms with Crippen LogP contribution in [0.2, 0.25) is 0 Å². The Morgan fingerprint density at radius 3 is 2.65 bits per heavy atom. The van der Waals surface area contributed by atoms with Gasteiger partial charge in [-0.05, 0) is 31.0 Å².